The molecule has 7 heteroatoms. The highest BCUT2D eigenvalue weighted by Crippen LogP contribution is 2.32. The summed E-state index contributed by atoms with van der Waals surface area (Å²) in [5.41, 5.74) is 1.53. The first-order chi connectivity index (χ1) is 12.3. The Hall–Kier alpha value is -2.38. The number of nitrogens with zero attached hydrogens (tertiary/aromatic N) is 2. The molecule has 3 aromatic rings. The van der Waals surface area contributed by atoms with Gasteiger partial charge in [-0.15, -0.1) is 0 Å². The molecule has 1 aromatic heterocycles. The average molecular weight is 376 g/mol. The van der Waals surface area contributed by atoms with E-state index < -0.39 is 15.8 Å². The molecular formula is C19H21FN2O3S. The molecule has 0 saturated heterocycles. The molecule has 0 spiro atoms. The number of hydrogen-bond donors (Lipinski definition) is 0. The number of hydrogen-bond acceptors (Lipinski definition) is 4. The normalized spacial score (nSPS) is 12.0. The Labute approximate surface area is 152 Å². The second-order valence-corrected chi connectivity index (χ2v) is 8.24. The summed E-state index contributed by atoms with van der Waals surface area (Å²) in [7, 11) is 0.0244. The van der Waals surface area contributed by atoms with Gasteiger partial charge in [0.05, 0.1) is 16.6 Å². The molecule has 0 N–H and O–H groups in total. The molecule has 5 nitrogen and oxygen atoms in total. The van der Waals surface area contributed by atoms with Crippen LogP contribution in [0.25, 0.3) is 10.9 Å². The third-order valence-corrected chi connectivity index (χ3v) is 5.74. The predicted molar refractivity (Wildman–Crippen MR) is 99.7 cm³/mol. The number of rotatable bonds is 6. The van der Waals surface area contributed by atoms with Gasteiger partial charge in [0.25, 0.3) is 10.0 Å². The summed E-state index contributed by atoms with van der Waals surface area (Å²) in [6.07, 6.45) is 1.48. The molecule has 0 bridgehead atoms. The SMILES string of the molecule is Cc1ccc2c(c1)c(OCCN(C)C)cn2S(=O)(=O)c1ccc(F)cc1. The molecule has 138 valence electrons. The Bertz CT molecular complexity index is 1020. The van der Waals surface area contributed by atoms with Crippen LogP contribution < -0.4 is 4.74 Å². The van der Waals surface area contributed by atoms with Gasteiger partial charge >= 0.3 is 0 Å². The lowest BCUT2D eigenvalue weighted by Crippen LogP contribution is -2.19. The lowest BCUT2D eigenvalue weighted by atomic mass is 10.2. The molecule has 0 aliphatic heterocycles. The molecule has 0 atom stereocenters. The zero-order chi connectivity index (χ0) is 18.9. The molecule has 0 unspecified atom stereocenters. The number of ether oxygens (including phenoxy) is 1. The van der Waals surface area contributed by atoms with Crippen molar-refractivity contribution in [1.29, 1.82) is 0 Å². The van der Waals surface area contributed by atoms with Gasteiger partial charge < -0.3 is 9.64 Å². The van der Waals surface area contributed by atoms with Gasteiger partial charge in [0.1, 0.15) is 18.2 Å². The van der Waals surface area contributed by atoms with Gasteiger partial charge in [-0.05, 0) is 57.4 Å². The van der Waals surface area contributed by atoms with Gasteiger partial charge in [-0.1, -0.05) is 11.6 Å². The van der Waals surface area contributed by atoms with Crippen molar-refractivity contribution in [3.05, 3.63) is 60.0 Å². The van der Waals surface area contributed by atoms with Crippen LogP contribution in [0.4, 0.5) is 4.39 Å². The maximum Gasteiger partial charge on any atom is 0.268 e. The topological polar surface area (TPSA) is 51.5 Å². The Morgan fingerprint density at radius 3 is 2.46 bits per heavy atom. The minimum atomic E-state index is -3.86. The lowest BCUT2D eigenvalue weighted by molar-refractivity contribution is 0.263. The highest BCUT2D eigenvalue weighted by molar-refractivity contribution is 7.90. The Morgan fingerprint density at radius 1 is 1.12 bits per heavy atom. The number of fused-ring (bicyclic) bond motifs is 1. The van der Waals surface area contributed by atoms with Crippen LogP contribution in [0, 0.1) is 12.7 Å². The van der Waals surface area contributed by atoms with Crippen LogP contribution in [-0.4, -0.2) is 44.5 Å². The highest BCUT2D eigenvalue weighted by Gasteiger charge is 2.22. The number of likely N-dealkylation sites (N-methyl/N-ethyl adjacent to an activating group) is 1. The van der Waals surface area contributed by atoms with Gasteiger partial charge in [0, 0.05) is 11.9 Å². The number of aromatic nitrogens is 1. The highest BCUT2D eigenvalue weighted by atomic mass is 32.2. The quantitative estimate of drug-likeness (QED) is 0.663. The molecule has 0 fully saturated rings. The van der Waals surface area contributed by atoms with Gasteiger partial charge in [-0.25, -0.2) is 16.8 Å². The monoisotopic (exact) mass is 376 g/mol. The van der Waals surface area contributed by atoms with E-state index in [1.807, 2.05) is 38.1 Å². The molecule has 0 aliphatic carbocycles. The summed E-state index contributed by atoms with van der Waals surface area (Å²) in [5.74, 6) is 0.0286. The first-order valence-electron chi connectivity index (χ1n) is 8.19. The minimum absolute atomic E-state index is 0.0243. The molecule has 0 radical (unpaired) electrons. The van der Waals surface area contributed by atoms with E-state index in [1.54, 1.807) is 6.07 Å². The van der Waals surface area contributed by atoms with Crippen LogP contribution in [0.15, 0.2) is 53.6 Å². The third kappa shape index (κ3) is 3.59. The second kappa shape index (κ2) is 7.09. The van der Waals surface area contributed by atoms with E-state index in [2.05, 4.69) is 0 Å². The van der Waals surface area contributed by atoms with Crippen molar-refractivity contribution in [1.82, 2.24) is 8.87 Å². The van der Waals surface area contributed by atoms with Crippen molar-refractivity contribution < 1.29 is 17.5 Å². The summed E-state index contributed by atoms with van der Waals surface area (Å²) in [6, 6.07) is 10.3. The van der Waals surface area contributed by atoms with Crippen LogP contribution in [0.5, 0.6) is 5.75 Å². The molecule has 0 amide bonds. The van der Waals surface area contributed by atoms with E-state index >= 15 is 0 Å². The molecule has 2 aromatic carbocycles. The fraction of sp³-hybridized carbons (Fsp3) is 0.263. The Morgan fingerprint density at radius 2 is 1.81 bits per heavy atom. The first-order valence-corrected chi connectivity index (χ1v) is 9.63. The molecule has 0 saturated carbocycles. The van der Waals surface area contributed by atoms with Gasteiger partial charge in [0.15, 0.2) is 0 Å². The number of halogens is 1. The van der Waals surface area contributed by atoms with Crippen LogP contribution in [-0.2, 0) is 10.0 Å². The van der Waals surface area contributed by atoms with Crippen LogP contribution in [0.1, 0.15) is 5.56 Å². The first kappa shape index (κ1) is 18.4. The van der Waals surface area contributed by atoms with Gasteiger partial charge in [-0.2, -0.15) is 0 Å². The van der Waals surface area contributed by atoms with Crippen molar-refractivity contribution >= 4 is 20.9 Å². The van der Waals surface area contributed by atoms with Crippen LogP contribution in [0.3, 0.4) is 0 Å². The summed E-state index contributed by atoms with van der Waals surface area (Å²) in [6.45, 7) is 3.09. The van der Waals surface area contributed by atoms with E-state index in [-0.39, 0.29) is 4.90 Å². The maximum absolute atomic E-state index is 13.2. The summed E-state index contributed by atoms with van der Waals surface area (Å²) < 4.78 is 46.2. The zero-order valence-electron chi connectivity index (χ0n) is 14.9. The number of benzene rings is 2. The van der Waals surface area contributed by atoms with Crippen LogP contribution in [0.2, 0.25) is 0 Å². The van der Waals surface area contributed by atoms with E-state index in [1.165, 1.54) is 22.3 Å². The zero-order valence-corrected chi connectivity index (χ0v) is 15.8. The molecule has 1 heterocycles. The summed E-state index contributed by atoms with van der Waals surface area (Å²) >= 11 is 0. The van der Waals surface area contributed by atoms with Crippen molar-refractivity contribution in [2.45, 2.75) is 11.8 Å². The average Bonchev–Trinajstić information content (AvgIpc) is 2.94. The van der Waals surface area contributed by atoms with Gasteiger partial charge in [0.2, 0.25) is 0 Å². The third-order valence-electron chi connectivity index (χ3n) is 4.06. The van der Waals surface area contributed by atoms with Crippen molar-refractivity contribution in [2.75, 3.05) is 27.2 Å². The van der Waals surface area contributed by atoms with E-state index in [0.717, 1.165) is 23.1 Å². The molecule has 0 aliphatic rings. The van der Waals surface area contributed by atoms with E-state index in [9.17, 15) is 12.8 Å². The summed E-state index contributed by atoms with van der Waals surface area (Å²) in [5, 5.41) is 0.731. The fourth-order valence-electron chi connectivity index (χ4n) is 2.66. The summed E-state index contributed by atoms with van der Waals surface area (Å²) in [4.78, 5) is 2.01. The Kier molecular flexibility index (Phi) is 5.02. The second-order valence-electron chi connectivity index (χ2n) is 6.42. The maximum atomic E-state index is 13.2. The standard InChI is InChI=1S/C19H21FN2O3S/c1-14-4-9-18-17(12-14)19(25-11-10-21(2)3)13-22(18)26(23,24)16-7-5-15(20)6-8-16/h4-9,12-13H,10-11H2,1-3H3. The Balaban J connectivity index is 2.09. The van der Waals surface area contributed by atoms with Gasteiger partial charge in [-0.3, -0.25) is 0 Å². The number of aryl methyl sites for hydroxylation is 1. The largest absolute Gasteiger partial charge is 0.490 e. The van der Waals surface area contributed by atoms with E-state index in [4.69, 9.17) is 4.74 Å². The molecular weight excluding hydrogens is 355 g/mol. The van der Waals surface area contributed by atoms with Crippen molar-refractivity contribution in [3.8, 4) is 5.75 Å². The lowest BCUT2D eigenvalue weighted by Gasteiger charge is -2.10. The molecule has 26 heavy (non-hydrogen) atoms. The van der Waals surface area contributed by atoms with Crippen molar-refractivity contribution in [2.24, 2.45) is 0 Å². The predicted octanol–water partition coefficient (Wildman–Crippen LogP) is 3.27. The fourth-order valence-corrected chi connectivity index (χ4v) is 4.02. The minimum Gasteiger partial charge on any atom is -0.490 e. The smallest absolute Gasteiger partial charge is 0.268 e. The van der Waals surface area contributed by atoms with Crippen molar-refractivity contribution in [3.63, 3.8) is 0 Å². The van der Waals surface area contributed by atoms with E-state index in [0.29, 0.717) is 24.4 Å². The van der Waals surface area contributed by atoms with Crippen LogP contribution >= 0.6 is 0 Å². The molecule has 3 rings (SSSR count).